The van der Waals surface area contributed by atoms with Gasteiger partial charge in [-0.15, -0.1) is 0 Å². The maximum absolute atomic E-state index is 11.3. The minimum Gasteiger partial charge on any atom is -0.355 e. The molecular formula is C10H24N4O. The lowest BCUT2D eigenvalue weighted by Crippen LogP contribution is -2.40. The Bertz CT molecular complexity index is 167. The number of nitrogens with one attached hydrogen (secondary N) is 1. The Balaban J connectivity index is 3.65. The Morgan fingerprint density at radius 2 is 1.73 bits per heavy atom. The van der Waals surface area contributed by atoms with Crippen molar-refractivity contribution in [2.75, 3.05) is 39.3 Å². The summed E-state index contributed by atoms with van der Waals surface area (Å²) in [5, 5.41) is 2.87. The lowest BCUT2D eigenvalue weighted by atomic mass is 10.2. The summed E-state index contributed by atoms with van der Waals surface area (Å²) < 4.78 is 0. The van der Waals surface area contributed by atoms with Crippen LogP contribution >= 0.6 is 0 Å². The van der Waals surface area contributed by atoms with Gasteiger partial charge in [-0.25, -0.2) is 0 Å². The van der Waals surface area contributed by atoms with E-state index < -0.39 is 0 Å². The highest BCUT2D eigenvalue weighted by Gasteiger charge is 2.07. The normalized spacial score (nSPS) is 11.1. The number of hydrogen-bond donors (Lipinski definition) is 3. The summed E-state index contributed by atoms with van der Waals surface area (Å²) in [6, 6.07) is 0. The molecule has 0 saturated heterocycles. The van der Waals surface area contributed by atoms with Gasteiger partial charge in [-0.3, -0.25) is 9.69 Å². The van der Waals surface area contributed by atoms with Crippen LogP contribution in [-0.4, -0.2) is 50.1 Å². The highest BCUT2D eigenvalue weighted by molar-refractivity contribution is 5.77. The van der Waals surface area contributed by atoms with E-state index in [0.29, 0.717) is 19.6 Å². The Morgan fingerprint density at radius 1 is 1.20 bits per heavy atom. The first kappa shape index (κ1) is 14.3. The van der Waals surface area contributed by atoms with Crippen molar-refractivity contribution in [3.63, 3.8) is 0 Å². The van der Waals surface area contributed by atoms with E-state index >= 15 is 0 Å². The van der Waals surface area contributed by atoms with Gasteiger partial charge in [0, 0.05) is 45.2 Å². The molecule has 90 valence electrons. The monoisotopic (exact) mass is 216 g/mol. The van der Waals surface area contributed by atoms with E-state index in [1.54, 1.807) is 0 Å². The fraction of sp³-hybridized carbons (Fsp3) is 0.900. The maximum Gasteiger partial charge on any atom is 0.222 e. The van der Waals surface area contributed by atoms with Gasteiger partial charge < -0.3 is 16.8 Å². The summed E-state index contributed by atoms with van der Waals surface area (Å²) >= 11 is 0. The fourth-order valence-electron chi connectivity index (χ4n) is 1.24. The third-order valence-corrected chi connectivity index (χ3v) is 2.14. The van der Waals surface area contributed by atoms with E-state index in [0.717, 1.165) is 19.6 Å². The molecule has 0 atom stereocenters. The molecule has 1 amide bonds. The molecule has 0 radical (unpaired) electrons. The average Bonchev–Trinajstić information content (AvgIpc) is 2.18. The van der Waals surface area contributed by atoms with E-state index in [1.807, 2.05) is 13.8 Å². The van der Waals surface area contributed by atoms with Crippen LogP contribution in [0.5, 0.6) is 0 Å². The van der Waals surface area contributed by atoms with E-state index in [1.165, 1.54) is 0 Å². The van der Waals surface area contributed by atoms with E-state index in [9.17, 15) is 4.79 Å². The minimum atomic E-state index is 0.0440. The quantitative estimate of drug-likeness (QED) is 0.485. The molecule has 5 heteroatoms. The zero-order valence-corrected chi connectivity index (χ0v) is 9.83. The summed E-state index contributed by atoms with van der Waals surface area (Å²) in [5.74, 6) is 0.137. The zero-order valence-electron chi connectivity index (χ0n) is 9.83. The molecule has 0 spiro atoms. The highest BCUT2D eigenvalue weighted by Crippen LogP contribution is 1.90. The van der Waals surface area contributed by atoms with Gasteiger partial charge in [0.1, 0.15) is 0 Å². The smallest absolute Gasteiger partial charge is 0.222 e. The molecule has 0 aliphatic heterocycles. The molecule has 0 aliphatic carbocycles. The van der Waals surface area contributed by atoms with Gasteiger partial charge in [-0.05, 0) is 0 Å². The molecule has 5 N–H and O–H groups in total. The topological polar surface area (TPSA) is 84.4 Å². The first-order valence-corrected chi connectivity index (χ1v) is 5.52. The number of amides is 1. The summed E-state index contributed by atoms with van der Waals surface area (Å²) in [5.41, 5.74) is 10.9. The summed E-state index contributed by atoms with van der Waals surface area (Å²) in [6.45, 7) is 8.14. The Morgan fingerprint density at radius 3 is 2.13 bits per heavy atom. The van der Waals surface area contributed by atoms with Gasteiger partial charge >= 0.3 is 0 Å². The van der Waals surface area contributed by atoms with Crippen molar-refractivity contribution in [2.24, 2.45) is 17.4 Å². The molecule has 0 unspecified atom stereocenters. The average molecular weight is 216 g/mol. The number of hydrogen-bond acceptors (Lipinski definition) is 4. The maximum atomic E-state index is 11.3. The SMILES string of the molecule is CC(C)C(=O)NCCN(CCN)CCN. The van der Waals surface area contributed by atoms with Crippen molar-refractivity contribution in [2.45, 2.75) is 13.8 Å². The van der Waals surface area contributed by atoms with Crippen LogP contribution in [0.1, 0.15) is 13.8 Å². The van der Waals surface area contributed by atoms with E-state index in [-0.39, 0.29) is 11.8 Å². The van der Waals surface area contributed by atoms with Crippen LogP contribution in [0.3, 0.4) is 0 Å². The molecule has 0 aromatic carbocycles. The van der Waals surface area contributed by atoms with Crippen molar-refractivity contribution in [3.05, 3.63) is 0 Å². The summed E-state index contributed by atoms with van der Waals surface area (Å²) in [6.07, 6.45) is 0. The highest BCUT2D eigenvalue weighted by atomic mass is 16.1. The Kier molecular flexibility index (Phi) is 8.27. The largest absolute Gasteiger partial charge is 0.355 e. The molecule has 0 saturated carbocycles. The fourth-order valence-corrected chi connectivity index (χ4v) is 1.24. The van der Waals surface area contributed by atoms with Crippen molar-refractivity contribution < 1.29 is 4.79 Å². The van der Waals surface area contributed by atoms with Crippen molar-refractivity contribution in [3.8, 4) is 0 Å². The van der Waals surface area contributed by atoms with Gasteiger partial charge in [0.05, 0.1) is 0 Å². The predicted molar refractivity (Wildman–Crippen MR) is 62.4 cm³/mol. The Labute approximate surface area is 92.2 Å². The van der Waals surface area contributed by atoms with Crippen LogP contribution in [0.25, 0.3) is 0 Å². The molecule has 0 bridgehead atoms. The van der Waals surface area contributed by atoms with Crippen molar-refractivity contribution >= 4 is 5.91 Å². The molecule has 0 heterocycles. The molecular weight excluding hydrogens is 192 g/mol. The van der Waals surface area contributed by atoms with Crippen LogP contribution in [-0.2, 0) is 4.79 Å². The lowest BCUT2D eigenvalue weighted by Gasteiger charge is -2.20. The predicted octanol–water partition coefficient (Wildman–Crippen LogP) is -1.02. The Hall–Kier alpha value is -0.650. The van der Waals surface area contributed by atoms with Gasteiger partial charge in [0.15, 0.2) is 0 Å². The van der Waals surface area contributed by atoms with Crippen molar-refractivity contribution in [1.29, 1.82) is 0 Å². The molecule has 0 aliphatic rings. The number of nitrogens with zero attached hydrogens (tertiary/aromatic N) is 1. The summed E-state index contributed by atoms with van der Waals surface area (Å²) in [7, 11) is 0. The number of carbonyl (C=O) groups is 1. The van der Waals surface area contributed by atoms with Crippen LogP contribution in [0.2, 0.25) is 0 Å². The number of carbonyl (C=O) groups excluding carboxylic acids is 1. The van der Waals surface area contributed by atoms with Gasteiger partial charge in [0.25, 0.3) is 0 Å². The number of rotatable bonds is 8. The standard InChI is InChI=1S/C10H24N4O/c1-9(2)10(15)13-5-8-14(6-3-11)7-4-12/h9H,3-8,11-12H2,1-2H3,(H,13,15). The van der Waals surface area contributed by atoms with Crippen LogP contribution in [0.4, 0.5) is 0 Å². The lowest BCUT2D eigenvalue weighted by molar-refractivity contribution is -0.124. The molecule has 0 rings (SSSR count). The third-order valence-electron chi connectivity index (χ3n) is 2.14. The molecule has 5 nitrogen and oxygen atoms in total. The second-order valence-electron chi connectivity index (χ2n) is 3.86. The molecule has 15 heavy (non-hydrogen) atoms. The van der Waals surface area contributed by atoms with E-state index in [4.69, 9.17) is 11.5 Å². The third kappa shape index (κ3) is 7.30. The minimum absolute atomic E-state index is 0.0440. The second kappa shape index (κ2) is 8.64. The first-order chi connectivity index (χ1) is 7.11. The van der Waals surface area contributed by atoms with Crippen LogP contribution in [0, 0.1) is 5.92 Å². The number of nitrogens with two attached hydrogens (primary N) is 2. The van der Waals surface area contributed by atoms with Gasteiger partial charge in [-0.2, -0.15) is 0 Å². The molecule has 0 aromatic rings. The first-order valence-electron chi connectivity index (χ1n) is 5.52. The second-order valence-corrected chi connectivity index (χ2v) is 3.86. The van der Waals surface area contributed by atoms with Crippen LogP contribution < -0.4 is 16.8 Å². The molecule has 0 fully saturated rings. The van der Waals surface area contributed by atoms with Gasteiger partial charge in [-0.1, -0.05) is 13.8 Å². The molecule has 0 aromatic heterocycles. The van der Waals surface area contributed by atoms with Crippen LogP contribution in [0.15, 0.2) is 0 Å². The van der Waals surface area contributed by atoms with E-state index in [2.05, 4.69) is 10.2 Å². The summed E-state index contributed by atoms with van der Waals surface area (Å²) in [4.78, 5) is 13.4. The van der Waals surface area contributed by atoms with Crippen molar-refractivity contribution in [1.82, 2.24) is 10.2 Å². The zero-order chi connectivity index (χ0) is 11.7. The van der Waals surface area contributed by atoms with Gasteiger partial charge in [0.2, 0.25) is 5.91 Å².